The molecule has 29 heavy (non-hydrogen) atoms. The van der Waals surface area contributed by atoms with Crippen LogP contribution < -0.4 is 0 Å². The molecule has 1 N–H and O–H groups in total. The molecule has 0 aromatic heterocycles. The van der Waals surface area contributed by atoms with E-state index < -0.39 is 23.5 Å². The quantitative estimate of drug-likeness (QED) is 0.487. The van der Waals surface area contributed by atoms with Crippen LogP contribution in [0.1, 0.15) is 35.6 Å². The minimum atomic E-state index is -0.791. The van der Waals surface area contributed by atoms with Gasteiger partial charge in [0.25, 0.3) is 11.7 Å². The normalized spacial score (nSPS) is 23.7. The maximum Gasteiger partial charge on any atom is 0.295 e. The second-order valence-electron chi connectivity index (χ2n) is 7.50. The van der Waals surface area contributed by atoms with E-state index in [1.807, 2.05) is 19.1 Å². The van der Waals surface area contributed by atoms with E-state index >= 15 is 0 Å². The van der Waals surface area contributed by atoms with Crippen LogP contribution in [0.15, 0.2) is 54.1 Å². The fraction of sp³-hybridized carbons (Fsp3) is 0.304. The summed E-state index contributed by atoms with van der Waals surface area (Å²) in [5, 5.41) is 10.9. The lowest BCUT2D eigenvalue weighted by atomic mass is 9.95. The Bertz CT molecular complexity index is 959. The van der Waals surface area contributed by atoms with Crippen molar-refractivity contribution in [2.45, 2.75) is 31.9 Å². The average Bonchev–Trinajstić information content (AvgIpc) is 3.31. The van der Waals surface area contributed by atoms with Gasteiger partial charge in [0.05, 0.1) is 17.7 Å². The Morgan fingerprint density at radius 2 is 1.83 bits per heavy atom. The summed E-state index contributed by atoms with van der Waals surface area (Å²) in [5.74, 6) is -2.06. The number of aliphatic hydroxyl groups excluding tert-OH is 1. The van der Waals surface area contributed by atoms with Crippen LogP contribution in [0.25, 0.3) is 5.76 Å². The molecule has 0 aliphatic carbocycles. The number of benzene rings is 2. The van der Waals surface area contributed by atoms with Crippen LogP contribution in [-0.4, -0.2) is 41.0 Å². The summed E-state index contributed by atoms with van der Waals surface area (Å²) >= 11 is 0. The summed E-state index contributed by atoms with van der Waals surface area (Å²) in [6, 6.07) is 11.9. The summed E-state index contributed by atoms with van der Waals surface area (Å²) in [7, 11) is 0. The lowest BCUT2D eigenvalue weighted by Crippen LogP contribution is -2.36. The Kier molecular flexibility index (Phi) is 5.20. The number of amides is 1. The highest BCUT2D eigenvalue weighted by atomic mass is 19.1. The highest BCUT2D eigenvalue weighted by molar-refractivity contribution is 6.46. The second kappa shape index (κ2) is 7.79. The van der Waals surface area contributed by atoms with Gasteiger partial charge in [-0.1, -0.05) is 42.0 Å². The maximum atomic E-state index is 13.5. The van der Waals surface area contributed by atoms with Crippen molar-refractivity contribution in [1.29, 1.82) is 0 Å². The van der Waals surface area contributed by atoms with Gasteiger partial charge in [0.1, 0.15) is 11.6 Å². The molecule has 4 rings (SSSR count). The minimum absolute atomic E-state index is 0.0171. The van der Waals surface area contributed by atoms with Crippen molar-refractivity contribution >= 4 is 17.4 Å². The SMILES string of the molecule is Cc1ccc(C(O)=C2C(=O)C(=O)N(C[C@H]3CCCO3)[C@H]2c2ccc(F)cc2)cc1. The molecule has 1 amide bonds. The van der Waals surface area contributed by atoms with Gasteiger partial charge >= 0.3 is 0 Å². The first kappa shape index (κ1) is 19.3. The lowest BCUT2D eigenvalue weighted by Gasteiger charge is -2.27. The fourth-order valence-electron chi connectivity index (χ4n) is 3.93. The molecule has 2 aliphatic heterocycles. The van der Waals surface area contributed by atoms with E-state index in [9.17, 15) is 19.1 Å². The molecule has 2 aliphatic rings. The predicted molar refractivity (Wildman–Crippen MR) is 106 cm³/mol. The van der Waals surface area contributed by atoms with Gasteiger partial charge < -0.3 is 14.7 Å². The van der Waals surface area contributed by atoms with Gasteiger partial charge in [-0.25, -0.2) is 4.39 Å². The van der Waals surface area contributed by atoms with Crippen LogP contribution in [0.2, 0.25) is 0 Å². The number of aryl methyl sites for hydroxylation is 1. The van der Waals surface area contributed by atoms with E-state index in [1.165, 1.54) is 29.2 Å². The Balaban J connectivity index is 1.81. The molecule has 0 saturated carbocycles. The molecule has 2 saturated heterocycles. The molecule has 2 heterocycles. The van der Waals surface area contributed by atoms with Crippen LogP contribution in [0.4, 0.5) is 4.39 Å². The average molecular weight is 395 g/mol. The molecule has 2 aromatic rings. The molecule has 0 unspecified atom stereocenters. The molecule has 6 heteroatoms. The Morgan fingerprint density at radius 1 is 1.14 bits per heavy atom. The Labute approximate surface area is 168 Å². The largest absolute Gasteiger partial charge is 0.507 e. The molecule has 150 valence electrons. The number of carbonyl (C=O) groups excluding carboxylic acids is 2. The highest BCUT2D eigenvalue weighted by Gasteiger charge is 2.47. The van der Waals surface area contributed by atoms with Gasteiger partial charge in [0, 0.05) is 18.7 Å². The first-order chi connectivity index (χ1) is 14.0. The molecule has 0 radical (unpaired) electrons. The van der Waals surface area contributed by atoms with Crippen LogP contribution >= 0.6 is 0 Å². The summed E-state index contributed by atoms with van der Waals surface area (Å²) in [4.78, 5) is 27.2. The fourth-order valence-corrected chi connectivity index (χ4v) is 3.93. The molecule has 0 spiro atoms. The van der Waals surface area contributed by atoms with Gasteiger partial charge in [-0.15, -0.1) is 0 Å². The number of ketones is 1. The summed E-state index contributed by atoms with van der Waals surface area (Å²) in [6.45, 7) is 2.79. The zero-order valence-electron chi connectivity index (χ0n) is 16.1. The van der Waals surface area contributed by atoms with Crippen molar-refractivity contribution in [1.82, 2.24) is 4.90 Å². The topological polar surface area (TPSA) is 66.8 Å². The molecule has 5 nitrogen and oxygen atoms in total. The number of carbonyl (C=O) groups is 2. The van der Waals surface area contributed by atoms with Crippen LogP contribution in [0, 0.1) is 12.7 Å². The molecule has 2 aromatic carbocycles. The molecule has 2 fully saturated rings. The highest BCUT2D eigenvalue weighted by Crippen LogP contribution is 2.40. The Morgan fingerprint density at radius 3 is 2.45 bits per heavy atom. The van der Waals surface area contributed by atoms with Crippen molar-refractivity contribution in [3.63, 3.8) is 0 Å². The van der Waals surface area contributed by atoms with Crippen molar-refractivity contribution in [3.05, 3.63) is 76.6 Å². The van der Waals surface area contributed by atoms with Crippen molar-refractivity contribution in [2.24, 2.45) is 0 Å². The van der Waals surface area contributed by atoms with E-state index in [4.69, 9.17) is 4.74 Å². The number of halogens is 1. The smallest absolute Gasteiger partial charge is 0.295 e. The molecule has 0 bridgehead atoms. The predicted octanol–water partition coefficient (Wildman–Crippen LogP) is 3.73. The van der Waals surface area contributed by atoms with Gasteiger partial charge in [0.15, 0.2) is 0 Å². The summed E-state index contributed by atoms with van der Waals surface area (Å²) in [6.07, 6.45) is 1.55. The third-order valence-electron chi connectivity index (χ3n) is 5.48. The lowest BCUT2D eigenvalue weighted by molar-refractivity contribution is -0.140. The zero-order chi connectivity index (χ0) is 20.5. The number of rotatable bonds is 4. The van der Waals surface area contributed by atoms with E-state index in [0.717, 1.165) is 18.4 Å². The van der Waals surface area contributed by atoms with Crippen LogP contribution in [0.5, 0.6) is 0 Å². The second-order valence-corrected chi connectivity index (χ2v) is 7.50. The number of hydrogen-bond donors (Lipinski definition) is 1. The Hall–Kier alpha value is -2.99. The van der Waals surface area contributed by atoms with Gasteiger partial charge in [0.2, 0.25) is 0 Å². The van der Waals surface area contributed by atoms with Gasteiger partial charge in [-0.2, -0.15) is 0 Å². The number of hydrogen-bond acceptors (Lipinski definition) is 4. The number of ether oxygens (including phenoxy) is 1. The van der Waals surface area contributed by atoms with E-state index in [0.29, 0.717) is 17.7 Å². The van der Waals surface area contributed by atoms with Gasteiger partial charge in [-0.3, -0.25) is 9.59 Å². The van der Waals surface area contributed by atoms with Crippen molar-refractivity contribution < 1.29 is 23.8 Å². The van der Waals surface area contributed by atoms with Gasteiger partial charge in [-0.05, 0) is 37.5 Å². The number of Topliss-reactive ketones (excluding diaryl/α,β-unsaturated/α-hetero) is 1. The van der Waals surface area contributed by atoms with Crippen molar-refractivity contribution in [3.8, 4) is 0 Å². The van der Waals surface area contributed by atoms with E-state index in [1.54, 1.807) is 12.1 Å². The summed E-state index contributed by atoms with van der Waals surface area (Å²) < 4.78 is 19.1. The first-order valence-electron chi connectivity index (χ1n) is 9.68. The van der Waals surface area contributed by atoms with Crippen LogP contribution in [0.3, 0.4) is 0 Å². The van der Waals surface area contributed by atoms with Crippen molar-refractivity contribution in [2.75, 3.05) is 13.2 Å². The first-order valence-corrected chi connectivity index (χ1v) is 9.68. The van der Waals surface area contributed by atoms with E-state index in [-0.39, 0.29) is 24.0 Å². The van der Waals surface area contributed by atoms with Crippen LogP contribution in [-0.2, 0) is 14.3 Å². The number of aliphatic hydroxyl groups is 1. The molecular formula is C23H22FNO4. The zero-order valence-corrected chi connectivity index (χ0v) is 16.1. The minimum Gasteiger partial charge on any atom is -0.507 e. The molecule has 2 atom stereocenters. The molecular weight excluding hydrogens is 373 g/mol. The standard InChI is InChI=1S/C23H22FNO4/c1-14-4-6-16(7-5-14)21(26)19-20(15-8-10-17(24)11-9-15)25(23(28)22(19)27)13-18-3-2-12-29-18/h4-11,18,20,26H,2-3,12-13H2,1H3/t18-,20+/m1/s1. The maximum absolute atomic E-state index is 13.5. The monoisotopic (exact) mass is 395 g/mol. The third kappa shape index (κ3) is 3.68. The number of nitrogens with zero attached hydrogens (tertiary/aromatic N) is 1. The van der Waals surface area contributed by atoms with E-state index in [2.05, 4.69) is 0 Å². The third-order valence-corrected chi connectivity index (χ3v) is 5.48. The number of likely N-dealkylation sites (tertiary alicyclic amines) is 1. The summed E-state index contributed by atoms with van der Waals surface area (Å²) in [5.41, 5.74) is 2.05.